The number of hydrogen-bond acceptors (Lipinski definition) is 4. The molecule has 4 nitrogen and oxygen atoms in total. The number of ether oxygens (including phenoxy) is 3. The lowest BCUT2D eigenvalue weighted by molar-refractivity contribution is 0.0837. The summed E-state index contributed by atoms with van der Waals surface area (Å²) in [4.78, 5) is 0. The van der Waals surface area contributed by atoms with Gasteiger partial charge in [0.15, 0.2) is 5.76 Å². The SMILES string of the molecule is COc1cccc(C(Cc2ccccc2)=C(C#N)C2=COCO2)c1. The maximum Gasteiger partial charge on any atom is 0.230 e. The molecule has 0 saturated carbocycles. The molecule has 0 aromatic heterocycles. The summed E-state index contributed by atoms with van der Waals surface area (Å²) in [6.45, 7) is 0.136. The fourth-order valence-electron chi connectivity index (χ4n) is 2.59. The van der Waals surface area contributed by atoms with Crippen LogP contribution in [-0.4, -0.2) is 13.9 Å². The van der Waals surface area contributed by atoms with E-state index in [1.807, 2.05) is 54.6 Å². The van der Waals surface area contributed by atoms with E-state index in [2.05, 4.69) is 6.07 Å². The maximum absolute atomic E-state index is 9.71. The third kappa shape index (κ3) is 3.41. The molecule has 2 aromatic carbocycles. The first kappa shape index (κ1) is 15.7. The molecule has 24 heavy (non-hydrogen) atoms. The third-order valence-corrected chi connectivity index (χ3v) is 3.77. The van der Waals surface area contributed by atoms with Crippen molar-refractivity contribution in [2.75, 3.05) is 13.9 Å². The van der Waals surface area contributed by atoms with Crippen molar-refractivity contribution < 1.29 is 14.2 Å². The number of nitriles is 1. The van der Waals surface area contributed by atoms with Crippen LogP contribution in [0.1, 0.15) is 11.1 Å². The fraction of sp³-hybridized carbons (Fsp3) is 0.150. The van der Waals surface area contributed by atoms with E-state index < -0.39 is 0 Å². The summed E-state index contributed by atoms with van der Waals surface area (Å²) in [7, 11) is 1.63. The van der Waals surface area contributed by atoms with Gasteiger partial charge >= 0.3 is 0 Å². The van der Waals surface area contributed by atoms with Gasteiger partial charge in [0.05, 0.1) is 7.11 Å². The first-order chi connectivity index (χ1) is 11.8. The van der Waals surface area contributed by atoms with Gasteiger partial charge in [-0.1, -0.05) is 42.5 Å². The van der Waals surface area contributed by atoms with Gasteiger partial charge in [-0.05, 0) is 35.3 Å². The minimum atomic E-state index is 0.136. The highest BCUT2D eigenvalue weighted by atomic mass is 16.7. The van der Waals surface area contributed by atoms with Crippen molar-refractivity contribution >= 4 is 5.57 Å². The highest BCUT2D eigenvalue weighted by Crippen LogP contribution is 2.31. The van der Waals surface area contributed by atoms with Crippen LogP contribution in [0.4, 0.5) is 0 Å². The van der Waals surface area contributed by atoms with Crippen LogP contribution in [0.15, 0.2) is 72.2 Å². The summed E-state index contributed by atoms with van der Waals surface area (Å²) < 4.78 is 15.9. The standard InChI is InChI=1S/C20H17NO3/c1-22-17-9-5-8-16(11-17)18(10-15-6-3-2-4-7-15)19(12-21)20-13-23-14-24-20/h2-9,11,13H,10,14H2,1H3. The Morgan fingerprint density at radius 2 is 2.00 bits per heavy atom. The van der Waals surface area contributed by atoms with E-state index in [1.165, 1.54) is 6.26 Å². The lowest BCUT2D eigenvalue weighted by atomic mass is 9.93. The Labute approximate surface area is 141 Å². The lowest BCUT2D eigenvalue weighted by Gasteiger charge is -2.13. The molecule has 0 amide bonds. The molecular formula is C20H17NO3. The van der Waals surface area contributed by atoms with Crippen LogP contribution in [0.2, 0.25) is 0 Å². The quantitative estimate of drug-likeness (QED) is 0.780. The molecule has 0 atom stereocenters. The second-order valence-electron chi connectivity index (χ2n) is 5.27. The average Bonchev–Trinajstić information content (AvgIpc) is 3.17. The highest BCUT2D eigenvalue weighted by molar-refractivity contribution is 5.77. The van der Waals surface area contributed by atoms with Gasteiger partial charge in [0.2, 0.25) is 6.79 Å². The molecule has 3 rings (SSSR count). The molecule has 0 spiro atoms. The van der Waals surface area contributed by atoms with Crippen molar-refractivity contribution in [3.63, 3.8) is 0 Å². The summed E-state index contributed by atoms with van der Waals surface area (Å²) in [5.74, 6) is 1.21. The number of hydrogen-bond donors (Lipinski definition) is 0. The molecular weight excluding hydrogens is 302 g/mol. The molecule has 4 heteroatoms. The van der Waals surface area contributed by atoms with Crippen molar-refractivity contribution in [3.05, 3.63) is 83.3 Å². The van der Waals surface area contributed by atoms with Crippen LogP contribution in [0.25, 0.3) is 5.57 Å². The smallest absolute Gasteiger partial charge is 0.230 e. The fourth-order valence-corrected chi connectivity index (χ4v) is 2.59. The second kappa shape index (κ2) is 7.38. The van der Waals surface area contributed by atoms with Crippen molar-refractivity contribution in [3.8, 4) is 11.8 Å². The summed E-state index contributed by atoms with van der Waals surface area (Å²) in [5.41, 5.74) is 3.39. The van der Waals surface area contributed by atoms with Crippen LogP contribution in [0.3, 0.4) is 0 Å². The summed E-state index contributed by atoms with van der Waals surface area (Å²) in [6.07, 6.45) is 2.10. The van der Waals surface area contributed by atoms with Crippen molar-refractivity contribution in [2.24, 2.45) is 0 Å². The molecule has 0 unspecified atom stereocenters. The Kier molecular flexibility index (Phi) is 4.83. The first-order valence-corrected chi connectivity index (χ1v) is 7.58. The van der Waals surface area contributed by atoms with Crippen LogP contribution in [0, 0.1) is 11.3 Å². The predicted molar refractivity (Wildman–Crippen MR) is 90.8 cm³/mol. The van der Waals surface area contributed by atoms with Gasteiger partial charge in [-0.25, -0.2) is 0 Å². The maximum atomic E-state index is 9.71. The number of nitrogens with zero attached hydrogens (tertiary/aromatic N) is 1. The molecule has 0 bridgehead atoms. The van der Waals surface area contributed by atoms with Crippen molar-refractivity contribution in [1.29, 1.82) is 5.26 Å². The van der Waals surface area contributed by atoms with Crippen LogP contribution in [-0.2, 0) is 15.9 Å². The topological polar surface area (TPSA) is 51.5 Å². The van der Waals surface area contributed by atoms with E-state index in [0.29, 0.717) is 17.8 Å². The molecule has 0 saturated heterocycles. The summed E-state index contributed by atoms with van der Waals surface area (Å²) in [5, 5.41) is 9.71. The molecule has 0 N–H and O–H groups in total. The zero-order valence-corrected chi connectivity index (χ0v) is 13.4. The van der Waals surface area contributed by atoms with Gasteiger partial charge in [0.25, 0.3) is 0 Å². The number of methoxy groups -OCH3 is 1. The van der Waals surface area contributed by atoms with Crippen molar-refractivity contribution in [2.45, 2.75) is 6.42 Å². The Balaban J connectivity index is 2.11. The molecule has 1 aliphatic heterocycles. The summed E-state index contributed by atoms with van der Waals surface area (Å²) >= 11 is 0. The number of benzene rings is 2. The van der Waals surface area contributed by atoms with Crippen molar-refractivity contribution in [1.82, 2.24) is 0 Å². The number of rotatable bonds is 5. The average molecular weight is 319 g/mol. The van der Waals surface area contributed by atoms with E-state index >= 15 is 0 Å². The monoisotopic (exact) mass is 319 g/mol. The highest BCUT2D eigenvalue weighted by Gasteiger charge is 2.19. The Morgan fingerprint density at radius 1 is 1.17 bits per heavy atom. The minimum Gasteiger partial charge on any atom is -0.497 e. The van der Waals surface area contributed by atoms with E-state index in [1.54, 1.807) is 7.11 Å². The Bertz CT molecular complexity index is 816. The number of allylic oxidation sites excluding steroid dienone is 2. The van der Waals surface area contributed by atoms with Gasteiger partial charge in [-0.3, -0.25) is 0 Å². The predicted octanol–water partition coefficient (Wildman–Crippen LogP) is 4.06. The molecule has 1 aliphatic rings. The molecule has 1 heterocycles. The van der Waals surface area contributed by atoms with E-state index in [4.69, 9.17) is 14.2 Å². The van der Waals surface area contributed by atoms with E-state index in [-0.39, 0.29) is 6.79 Å². The first-order valence-electron chi connectivity index (χ1n) is 7.58. The molecule has 2 aromatic rings. The summed E-state index contributed by atoms with van der Waals surface area (Å²) in [6, 6.07) is 20.0. The molecule has 0 fully saturated rings. The minimum absolute atomic E-state index is 0.136. The normalized spacial score (nSPS) is 13.9. The molecule has 0 radical (unpaired) electrons. The van der Waals surface area contributed by atoms with Gasteiger partial charge in [-0.2, -0.15) is 5.26 Å². The zero-order valence-electron chi connectivity index (χ0n) is 13.4. The third-order valence-electron chi connectivity index (χ3n) is 3.77. The van der Waals surface area contributed by atoms with Crippen LogP contribution >= 0.6 is 0 Å². The van der Waals surface area contributed by atoms with Gasteiger partial charge < -0.3 is 14.2 Å². The van der Waals surface area contributed by atoms with Crippen LogP contribution in [0.5, 0.6) is 5.75 Å². The second-order valence-corrected chi connectivity index (χ2v) is 5.27. The lowest BCUT2D eigenvalue weighted by Crippen LogP contribution is -2.00. The van der Waals surface area contributed by atoms with Gasteiger partial charge in [0.1, 0.15) is 23.7 Å². The van der Waals surface area contributed by atoms with E-state index in [9.17, 15) is 5.26 Å². The van der Waals surface area contributed by atoms with E-state index in [0.717, 1.165) is 22.4 Å². The largest absolute Gasteiger partial charge is 0.497 e. The molecule has 120 valence electrons. The Hall–Kier alpha value is -3.19. The van der Waals surface area contributed by atoms with Gasteiger partial charge in [0, 0.05) is 0 Å². The zero-order chi connectivity index (χ0) is 16.8. The van der Waals surface area contributed by atoms with Crippen LogP contribution < -0.4 is 4.74 Å². The Morgan fingerprint density at radius 3 is 2.67 bits per heavy atom. The molecule has 0 aliphatic carbocycles. The van der Waals surface area contributed by atoms with Gasteiger partial charge in [-0.15, -0.1) is 0 Å².